The number of nitrogens with two attached hydrogens (primary N) is 1. The number of hydrogen-bond acceptors (Lipinski definition) is 4. The van der Waals surface area contributed by atoms with Crippen LogP contribution in [0, 0.1) is 0 Å². The Morgan fingerprint density at radius 1 is 1.39 bits per heavy atom. The van der Waals surface area contributed by atoms with Gasteiger partial charge in [0.1, 0.15) is 6.04 Å². The molecule has 0 bridgehead atoms. The van der Waals surface area contributed by atoms with E-state index < -0.39 is 0 Å². The second-order valence-corrected chi connectivity index (χ2v) is 4.98. The molecule has 1 aliphatic rings. The van der Waals surface area contributed by atoms with Crippen molar-refractivity contribution in [3.8, 4) is 0 Å². The van der Waals surface area contributed by atoms with E-state index in [1.807, 2.05) is 24.3 Å². The zero-order chi connectivity index (χ0) is 13.1. The molecule has 2 N–H and O–H groups in total. The topological polar surface area (TPSA) is 55.6 Å². The van der Waals surface area contributed by atoms with E-state index in [1.54, 1.807) is 0 Å². The summed E-state index contributed by atoms with van der Waals surface area (Å²) in [6.07, 6.45) is 0.784. The van der Waals surface area contributed by atoms with E-state index in [4.69, 9.17) is 10.5 Å². The van der Waals surface area contributed by atoms with Crippen LogP contribution < -0.4 is 5.73 Å². The Kier molecular flexibility index (Phi) is 3.87. The summed E-state index contributed by atoms with van der Waals surface area (Å²) in [6.45, 7) is 5.48. The lowest BCUT2D eigenvalue weighted by molar-refractivity contribution is -0.143. The molecule has 1 aliphatic heterocycles. The summed E-state index contributed by atoms with van der Waals surface area (Å²) in [7, 11) is 0. The molecule has 0 amide bonds. The van der Waals surface area contributed by atoms with Crippen molar-refractivity contribution < 1.29 is 9.53 Å². The van der Waals surface area contributed by atoms with Gasteiger partial charge < -0.3 is 10.5 Å². The zero-order valence-electron chi connectivity index (χ0n) is 10.9. The average Bonchev–Trinajstić information content (AvgIpc) is 2.74. The van der Waals surface area contributed by atoms with Crippen LogP contribution in [0.1, 0.15) is 25.8 Å². The van der Waals surface area contributed by atoms with Crippen molar-refractivity contribution >= 4 is 11.7 Å². The van der Waals surface area contributed by atoms with Gasteiger partial charge in [0.05, 0.1) is 6.61 Å². The van der Waals surface area contributed by atoms with E-state index >= 15 is 0 Å². The number of carbonyl (C=O) groups is 1. The van der Waals surface area contributed by atoms with Crippen molar-refractivity contribution in [1.82, 2.24) is 4.90 Å². The maximum Gasteiger partial charge on any atom is 0.323 e. The number of esters is 1. The molecule has 0 radical (unpaired) electrons. The molecule has 2 rings (SSSR count). The van der Waals surface area contributed by atoms with E-state index in [9.17, 15) is 4.79 Å². The number of anilines is 1. The highest BCUT2D eigenvalue weighted by Crippen LogP contribution is 2.20. The number of cyclic esters (lactones) is 1. The molecular formula is C14H20N2O2. The number of nitrogen functional groups attached to an aromatic ring is 1. The van der Waals surface area contributed by atoms with Crippen molar-refractivity contribution in [2.45, 2.75) is 38.9 Å². The Morgan fingerprint density at radius 2 is 2.06 bits per heavy atom. The molecule has 1 aromatic carbocycles. The van der Waals surface area contributed by atoms with Gasteiger partial charge in [-0.1, -0.05) is 12.1 Å². The summed E-state index contributed by atoms with van der Waals surface area (Å²) in [5.41, 5.74) is 7.60. The van der Waals surface area contributed by atoms with Crippen molar-refractivity contribution in [2.24, 2.45) is 0 Å². The number of hydrogen-bond donors (Lipinski definition) is 1. The largest absolute Gasteiger partial charge is 0.464 e. The van der Waals surface area contributed by atoms with Gasteiger partial charge in [0.15, 0.2) is 0 Å². The van der Waals surface area contributed by atoms with Crippen LogP contribution in [0.25, 0.3) is 0 Å². The fourth-order valence-electron chi connectivity index (χ4n) is 2.27. The Balaban J connectivity index is 2.11. The Bertz CT molecular complexity index is 414. The summed E-state index contributed by atoms with van der Waals surface area (Å²) in [6, 6.07) is 7.98. The minimum atomic E-state index is -0.109. The van der Waals surface area contributed by atoms with Gasteiger partial charge in [-0.2, -0.15) is 0 Å². The third-order valence-corrected chi connectivity index (χ3v) is 3.32. The smallest absolute Gasteiger partial charge is 0.323 e. The lowest BCUT2D eigenvalue weighted by Gasteiger charge is -2.30. The van der Waals surface area contributed by atoms with E-state index in [0.717, 1.165) is 24.2 Å². The highest BCUT2D eigenvalue weighted by atomic mass is 16.5. The molecular weight excluding hydrogens is 228 g/mol. The van der Waals surface area contributed by atoms with E-state index in [0.29, 0.717) is 12.6 Å². The average molecular weight is 248 g/mol. The van der Waals surface area contributed by atoms with Crippen LogP contribution in [-0.4, -0.2) is 29.6 Å². The quantitative estimate of drug-likeness (QED) is 0.652. The molecule has 1 unspecified atom stereocenters. The maximum atomic E-state index is 11.7. The Morgan fingerprint density at radius 3 is 2.56 bits per heavy atom. The number of ether oxygens (including phenoxy) is 1. The van der Waals surface area contributed by atoms with Crippen molar-refractivity contribution in [2.75, 3.05) is 12.3 Å². The number of carbonyl (C=O) groups excluding carboxylic acids is 1. The van der Waals surface area contributed by atoms with Crippen LogP contribution in [0.15, 0.2) is 24.3 Å². The third-order valence-electron chi connectivity index (χ3n) is 3.32. The van der Waals surface area contributed by atoms with Crippen molar-refractivity contribution in [3.05, 3.63) is 29.8 Å². The van der Waals surface area contributed by atoms with Gasteiger partial charge in [-0.25, -0.2) is 0 Å². The predicted molar refractivity (Wildman–Crippen MR) is 70.9 cm³/mol. The van der Waals surface area contributed by atoms with Crippen LogP contribution in [0.2, 0.25) is 0 Å². The van der Waals surface area contributed by atoms with Gasteiger partial charge >= 0.3 is 5.97 Å². The van der Waals surface area contributed by atoms with Crippen LogP contribution >= 0.6 is 0 Å². The summed E-state index contributed by atoms with van der Waals surface area (Å²) in [5.74, 6) is -0.0980. The Hall–Kier alpha value is -1.55. The predicted octanol–water partition coefficient (Wildman–Crippen LogP) is 1.79. The molecule has 18 heavy (non-hydrogen) atoms. The van der Waals surface area contributed by atoms with Crippen LogP contribution in [0.5, 0.6) is 0 Å². The molecule has 0 spiro atoms. The first-order valence-corrected chi connectivity index (χ1v) is 6.34. The highest BCUT2D eigenvalue weighted by molar-refractivity contribution is 5.77. The Labute approximate surface area is 108 Å². The standard InChI is InChI=1S/C14H20N2O2/c1-10(2)16(13-7-8-18-14(13)17)9-11-3-5-12(15)6-4-11/h3-6,10,13H,7-9,15H2,1-2H3. The lowest BCUT2D eigenvalue weighted by atomic mass is 10.1. The molecule has 1 heterocycles. The minimum Gasteiger partial charge on any atom is -0.464 e. The highest BCUT2D eigenvalue weighted by Gasteiger charge is 2.33. The molecule has 0 saturated carbocycles. The van der Waals surface area contributed by atoms with Gasteiger partial charge in [-0.3, -0.25) is 9.69 Å². The van der Waals surface area contributed by atoms with E-state index in [2.05, 4.69) is 18.7 Å². The molecule has 1 aromatic rings. The number of nitrogens with zero attached hydrogens (tertiary/aromatic N) is 1. The summed E-state index contributed by atoms with van der Waals surface area (Å²) >= 11 is 0. The lowest BCUT2D eigenvalue weighted by Crippen LogP contribution is -2.42. The molecule has 4 heteroatoms. The SMILES string of the molecule is CC(C)N(Cc1ccc(N)cc1)C1CCOC1=O. The summed E-state index contributed by atoms with van der Waals surface area (Å²) < 4.78 is 5.05. The van der Waals surface area contributed by atoms with Gasteiger partial charge in [0, 0.05) is 24.7 Å². The molecule has 0 aliphatic carbocycles. The van der Waals surface area contributed by atoms with Gasteiger partial charge in [-0.05, 0) is 31.5 Å². The monoisotopic (exact) mass is 248 g/mol. The third kappa shape index (κ3) is 2.82. The van der Waals surface area contributed by atoms with Gasteiger partial charge in [0.2, 0.25) is 0 Å². The number of benzene rings is 1. The van der Waals surface area contributed by atoms with Crippen LogP contribution in [-0.2, 0) is 16.1 Å². The first kappa shape index (κ1) is 12.9. The van der Waals surface area contributed by atoms with Crippen LogP contribution in [0.4, 0.5) is 5.69 Å². The van der Waals surface area contributed by atoms with Gasteiger partial charge in [-0.15, -0.1) is 0 Å². The zero-order valence-corrected chi connectivity index (χ0v) is 10.9. The van der Waals surface area contributed by atoms with Crippen LogP contribution in [0.3, 0.4) is 0 Å². The molecule has 1 atom stereocenters. The second kappa shape index (κ2) is 5.40. The fourth-order valence-corrected chi connectivity index (χ4v) is 2.27. The first-order valence-electron chi connectivity index (χ1n) is 6.34. The molecule has 4 nitrogen and oxygen atoms in total. The van der Waals surface area contributed by atoms with Gasteiger partial charge in [0.25, 0.3) is 0 Å². The fraction of sp³-hybridized carbons (Fsp3) is 0.500. The maximum absolute atomic E-state index is 11.7. The van der Waals surface area contributed by atoms with E-state index in [-0.39, 0.29) is 12.0 Å². The normalized spacial score (nSPS) is 19.6. The van der Waals surface area contributed by atoms with E-state index in [1.165, 1.54) is 0 Å². The molecule has 1 saturated heterocycles. The van der Waals surface area contributed by atoms with Crippen molar-refractivity contribution in [1.29, 1.82) is 0 Å². The summed E-state index contributed by atoms with van der Waals surface area (Å²) in [5, 5.41) is 0. The number of rotatable bonds is 4. The minimum absolute atomic E-state index is 0.0980. The first-order chi connectivity index (χ1) is 8.58. The second-order valence-electron chi connectivity index (χ2n) is 4.98. The van der Waals surface area contributed by atoms with Crippen molar-refractivity contribution in [3.63, 3.8) is 0 Å². The molecule has 98 valence electrons. The molecule has 0 aromatic heterocycles. The molecule has 1 fully saturated rings. The summed E-state index contributed by atoms with van der Waals surface area (Å²) in [4.78, 5) is 13.9.